The molecule has 0 saturated carbocycles. The number of carbonyl (C=O) groups is 2. The predicted octanol–water partition coefficient (Wildman–Crippen LogP) is 2.66. The fraction of sp³-hybridized carbons (Fsp3) is 0.263. The number of nitrogens with zero attached hydrogens (tertiary/aromatic N) is 2. The number of ether oxygens (including phenoxy) is 2. The maximum absolute atomic E-state index is 12.4. The van der Waals surface area contributed by atoms with Crippen LogP contribution in [0, 0.1) is 0 Å². The third-order valence-corrected chi connectivity index (χ3v) is 4.76. The van der Waals surface area contributed by atoms with Gasteiger partial charge in [-0.3, -0.25) is 9.59 Å². The SMILES string of the molecule is O=C(C=Cc1cc(Cl)c2c(c1)OCO2)N1CCN(C(=O)c2ccco2)CC1. The highest BCUT2D eigenvalue weighted by molar-refractivity contribution is 6.32. The number of carbonyl (C=O) groups excluding carboxylic acids is 2. The maximum Gasteiger partial charge on any atom is 0.289 e. The average Bonchev–Trinajstić information content (AvgIpc) is 3.37. The van der Waals surface area contributed by atoms with E-state index >= 15 is 0 Å². The summed E-state index contributed by atoms with van der Waals surface area (Å²) < 4.78 is 15.7. The zero-order valence-electron chi connectivity index (χ0n) is 14.4. The molecule has 8 heteroatoms. The number of halogens is 1. The Morgan fingerprint density at radius 3 is 2.59 bits per heavy atom. The van der Waals surface area contributed by atoms with Crippen LogP contribution in [0.5, 0.6) is 11.5 Å². The molecule has 140 valence electrons. The highest BCUT2D eigenvalue weighted by Gasteiger charge is 2.25. The highest BCUT2D eigenvalue weighted by atomic mass is 35.5. The first-order valence-electron chi connectivity index (χ1n) is 8.51. The van der Waals surface area contributed by atoms with Crippen molar-refractivity contribution in [1.29, 1.82) is 0 Å². The summed E-state index contributed by atoms with van der Waals surface area (Å²) in [6.45, 7) is 2.01. The first kappa shape index (κ1) is 17.5. The smallest absolute Gasteiger partial charge is 0.289 e. The monoisotopic (exact) mass is 388 g/mol. The number of furan rings is 1. The number of amides is 2. The molecule has 2 aromatic rings. The molecule has 0 aliphatic carbocycles. The summed E-state index contributed by atoms with van der Waals surface area (Å²) in [4.78, 5) is 28.1. The van der Waals surface area contributed by atoms with Crippen molar-refractivity contribution in [2.45, 2.75) is 0 Å². The van der Waals surface area contributed by atoms with Gasteiger partial charge >= 0.3 is 0 Å². The van der Waals surface area contributed by atoms with E-state index in [1.54, 1.807) is 40.1 Å². The van der Waals surface area contributed by atoms with Gasteiger partial charge in [0.05, 0.1) is 11.3 Å². The molecule has 2 amide bonds. The Morgan fingerprint density at radius 1 is 1.07 bits per heavy atom. The molecule has 1 aromatic heterocycles. The number of benzene rings is 1. The van der Waals surface area contributed by atoms with Crippen LogP contribution in [0.2, 0.25) is 5.02 Å². The third kappa shape index (κ3) is 3.64. The van der Waals surface area contributed by atoms with Crippen LogP contribution in [0.4, 0.5) is 0 Å². The second-order valence-electron chi connectivity index (χ2n) is 6.16. The second-order valence-corrected chi connectivity index (χ2v) is 6.57. The quantitative estimate of drug-likeness (QED) is 0.756. The third-order valence-electron chi connectivity index (χ3n) is 4.48. The van der Waals surface area contributed by atoms with Crippen molar-refractivity contribution in [1.82, 2.24) is 9.80 Å². The summed E-state index contributed by atoms with van der Waals surface area (Å²) in [5.41, 5.74) is 0.754. The normalized spacial score (nSPS) is 16.2. The standard InChI is InChI=1S/C19H17ClN2O5/c20-14-10-13(11-16-18(14)27-12-26-16)3-4-17(23)21-5-7-22(8-6-21)19(24)15-2-1-9-25-15/h1-4,9-11H,5-8,12H2. The van der Waals surface area contributed by atoms with Gasteiger partial charge in [0, 0.05) is 32.3 Å². The van der Waals surface area contributed by atoms with Gasteiger partial charge in [-0.2, -0.15) is 0 Å². The van der Waals surface area contributed by atoms with E-state index in [0.717, 1.165) is 5.56 Å². The van der Waals surface area contributed by atoms with E-state index in [0.29, 0.717) is 48.5 Å². The number of piperazine rings is 1. The Kier molecular flexibility index (Phi) is 4.77. The van der Waals surface area contributed by atoms with E-state index in [4.69, 9.17) is 25.5 Å². The van der Waals surface area contributed by atoms with Gasteiger partial charge in [-0.05, 0) is 35.9 Å². The first-order valence-corrected chi connectivity index (χ1v) is 8.88. The molecule has 0 radical (unpaired) electrons. The first-order chi connectivity index (χ1) is 13.1. The zero-order valence-corrected chi connectivity index (χ0v) is 15.1. The van der Waals surface area contributed by atoms with Crippen LogP contribution in [0.15, 0.2) is 41.0 Å². The molecule has 1 saturated heterocycles. The lowest BCUT2D eigenvalue weighted by molar-refractivity contribution is -0.127. The van der Waals surface area contributed by atoms with Crippen molar-refractivity contribution in [2.75, 3.05) is 33.0 Å². The number of fused-ring (bicyclic) bond motifs is 1. The zero-order chi connectivity index (χ0) is 18.8. The van der Waals surface area contributed by atoms with Crippen molar-refractivity contribution in [3.05, 3.63) is 53.0 Å². The molecule has 7 nitrogen and oxygen atoms in total. The van der Waals surface area contributed by atoms with Crippen molar-refractivity contribution < 1.29 is 23.5 Å². The van der Waals surface area contributed by atoms with Gasteiger partial charge in [0.25, 0.3) is 5.91 Å². The summed E-state index contributed by atoms with van der Waals surface area (Å²) in [6, 6.07) is 6.82. The van der Waals surface area contributed by atoms with Gasteiger partial charge in [-0.1, -0.05) is 11.6 Å². The predicted molar refractivity (Wildman–Crippen MR) is 97.8 cm³/mol. The highest BCUT2D eigenvalue weighted by Crippen LogP contribution is 2.40. The molecule has 0 unspecified atom stereocenters. The summed E-state index contributed by atoms with van der Waals surface area (Å²) in [6.07, 6.45) is 4.66. The van der Waals surface area contributed by atoms with Crippen LogP contribution in [0.1, 0.15) is 16.1 Å². The molecule has 1 aromatic carbocycles. The van der Waals surface area contributed by atoms with Gasteiger partial charge < -0.3 is 23.7 Å². The Hall–Kier alpha value is -2.93. The van der Waals surface area contributed by atoms with E-state index in [1.165, 1.54) is 12.3 Å². The van der Waals surface area contributed by atoms with Crippen LogP contribution in [0.3, 0.4) is 0 Å². The minimum Gasteiger partial charge on any atom is -0.459 e. The van der Waals surface area contributed by atoms with Crippen LogP contribution in [0.25, 0.3) is 6.08 Å². The van der Waals surface area contributed by atoms with Crippen LogP contribution >= 0.6 is 11.6 Å². The summed E-state index contributed by atoms with van der Waals surface area (Å²) in [5, 5.41) is 0.446. The summed E-state index contributed by atoms with van der Waals surface area (Å²) in [5.74, 6) is 1.14. The molecule has 27 heavy (non-hydrogen) atoms. The minimum absolute atomic E-state index is 0.117. The van der Waals surface area contributed by atoms with Crippen LogP contribution < -0.4 is 9.47 Å². The van der Waals surface area contributed by atoms with E-state index in [2.05, 4.69) is 0 Å². The second kappa shape index (κ2) is 7.36. The Bertz CT molecular complexity index is 886. The van der Waals surface area contributed by atoms with Crippen LogP contribution in [-0.2, 0) is 4.79 Å². The van der Waals surface area contributed by atoms with E-state index in [9.17, 15) is 9.59 Å². The molecule has 0 N–H and O–H groups in total. The largest absolute Gasteiger partial charge is 0.459 e. The van der Waals surface area contributed by atoms with E-state index in [-0.39, 0.29) is 18.6 Å². The molecule has 2 aliphatic rings. The van der Waals surface area contributed by atoms with Gasteiger partial charge in [0.1, 0.15) is 0 Å². The van der Waals surface area contributed by atoms with Gasteiger partial charge in [0.2, 0.25) is 12.7 Å². The molecule has 0 bridgehead atoms. The van der Waals surface area contributed by atoms with Crippen molar-refractivity contribution in [3.8, 4) is 11.5 Å². The molecular weight excluding hydrogens is 372 g/mol. The summed E-state index contributed by atoms with van der Waals surface area (Å²) >= 11 is 6.15. The average molecular weight is 389 g/mol. The Labute approximate surface area is 160 Å². The molecule has 3 heterocycles. The Balaban J connectivity index is 1.35. The lowest BCUT2D eigenvalue weighted by Gasteiger charge is -2.33. The Morgan fingerprint density at radius 2 is 1.85 bits per heavy atom. The molecule has 4 rings (SSSR count). The lowest BCUT2D eigenvalue weighted by atomic mass is 10.2. The van der Waals surface area contributed by atoms with Crippen molar-refractivity contribution in [3.63, 3.8) is 0 Å². The number of rotatable bonds is 3. The van der Waals surface area contributed by atoms with E-state index in [1.807, 2.05) is 0 Å². The fourth-order valence-corrected chi connectivity index (χ4v) is 3.32. The van der Waals surface area contributed by atoms with Crippen molar-refractivity contribution >= 4 is 29.5 Å². The summed E-state index contributed by atoms with van der Waals surface area (Å²) in [7, 11) is 0. The maximum atomic E-state index is 12.4. The topological polar surface area (TPSA) is 72.2 Å². The van der Waals surface area contributed by atoms with Gasteiger partial charge in [-0.25, -0.2) is 0 Å². The molecule has 0 atom stereocenters. The molecule has 1 fully saturated rings. The van der Waals surface area contributed by atoms with Crippen molar-refractivity contribution in [2.24, 2.45) is 0 Å². The fourth-order valence-electron chi connectivity index (χ4n) is 3.04. The van der Waals surface area contributed by atoms with E-state index < -0.39 is 0 Å². The molecule has 2 aliphatic heterocycles. The minimum atomic E-state index is -0.155. The van der Waals surface area contributed by atoms with Gasteiger partial charge in [0.15, 0.2) is 17.3 Å². The number of hydrogen-bond acceptors (Lipinski definition) is 5. The van der Waals surface area contributed by atoms with Gasteiger partial charge in [-0.15, -0.1) is 0 Å². The van der Waals surface area contributed by atoms with Crippen LogP contribution in [-0.4, -0.2) is 54.6 Å². The number of hydrogen-bond donors (Lipinski definition) is 0. The molecular formula is C19H17ClN2O5. The molecule has 0 spiro atoms. The lowest BCUT2D eigenvalue weighted by Crippen LogP contribution is -2.50.